The maximum absolute atomic E-state index is 11.3. The summed E-state index contributed by atoms with van der Waals surface area (Å²) in [5.41, 5.74) is 2.32. The molecular formula is C14H12O3S. The second-order valence-electron chi connectivity index (χ2n) is 4.13. The lowest BCUT2D eigenvalue weighted by molar-refractivity contribution is -0.143. The van der Waals surface area contributed by atoms with E-state index < -0.39 is 6.10 Å². The van der Waals surface area contributed by atoms with Gasteiger partial charge in [0.2, 0.25) is 0 Å². The fraction of sp³-hybridized carbons (Fsp3) is 0.214. The molecule has 92 valence electrons. The van der Waals surface area contributed by atoms with E-state index in [0.717, 1.165) is 11.1 Å². The van der Waals surface area contributed by atoms with Crippen LogP contribution in [-0.2, 0) is 9.53 Å². The van der Waals surface area contributed by atoms with Gasteiger partial charge < -0.3 is 4.74 Å². The second-order valence-corrected chi connectivity index (χ2v) is 4.60. The molecule has 3 nitrogen and oxygen atoms in total. The Morgan fingerprint density at radius 3 is 2.56 bits per heavy atom. The van der Waals surface area contributed by atoms with Crippen molar-refractivity contribution >= 4 is 34.9 Å². The van der Waals surface area contributed by atoms with E-state index in [2.05, 4.69) is 0 Å². The van der Waals surface area contributed by atoms with Gasteiger partial charge in [0.15, 0.2) is 11.9 Å². The van der Waals surface area contributed by atoms with E-state index in [1.54, 1.807) is 24.3 Å². The number of carbonyl (C=O) groups excluding carboxylic acids is 2. The van der Waals surface area contributed by atoms with E-state index in [1.807, 2.05) is 6.08 Å². The van der Waals surface area contributed by atoms with Gasteiger partial charge in [0.1, 0.15) is 0 Å². The van der Waals surface area contributed by atoms with Crippen LogP contribution < -0.4 is 0 Å². The number of carbonyl (C=O) groups is 2. The molecule has 0 radical (unpaired) electrons. The number of Topliss-reactive ketones (excluding diaryl/α,β-unsaturated/α-hetero) is 1. The molecule has 0 N–H and O–H groups in total. The number of esters is 1. The van der Waals surface area contributed by atoms with Crippen LogP contribution >= 0.6 is 12.2 Å². The summed E-state index contributed by atoms with van der Waals surface area (Å²) in [7, 11) is 0. The van der Waals surface area contributed by atoms with Crippen molar-refractivity contribution in [3.05, 3.63) is 41.0 Å². The summed E-state index contributed by atoms with van der Waals surface area (Å²) in [4.78, 5) is 23.0. The van der Waals surface area contributed by atoms with Crippen LogP contribution in [0.1, 0.15) is 41.4 Å². The van der Waals surface area contributed by atoms with Crippen LogP contribution in [0.5, 0.6) is 0 Å². The largest absolute Gasteiger partial charge is 0.452 e. The van der Waals surface area contributed by atoms with Crippen LogP contribution in [0.15, 0.2) is 24.3 Å². The first-order valence-electron chi connectivity index (χ1n) is 5.53. The van der Waals surface area contributed by atoms with E-state index in [0.29, 0.717) is 10.4 Å². The van der Waals surface area contributed by atoms with Gasteiger partial charge in [-0.3, -0.25) is 9.59 Å². The van der Waals surface area contributed by atoms with Crippen molar-refractivity contribution in [1.82, 2.24) is 0 Å². The standard InChI is InChI=1S/C14H12O3S/c1-8(15)10-3-5-12-11(7-10)4-6-13(18)14(12)17-9(2)16/h3-7,14H,1-2H3. The SMILES string of the molecule is CC(=O)OC1C(=S)C=Cc2cc(C(C)=O)ccc21. The molecule has 0 bridgehead atoms. The summed E-state index contributed by atoms with van der Waals surface area (Å²) in [5.74, 6) is -0.373. The van der Waals surface area contributed by atoms with E-state index >= 15 is 0 Å². The molecule has 0 spiro atoms. The van der Waals surface area contributed by atoms with Gasteiger partial charge in [0.25, 0.3) is 0 Å². The first-order chi connectivity index (χ1) is 8.49. The zero-order chi connectivity index (χ0) is 13.3. The molecule has 1 unspecified atom stereocenters. The van der Waals surface area contributed by atoms with Gasteiger partial charge in [-0.15, -0.1) is 0 Å². The van der Waals surface area contributed by atoms with Crippen LogP contribution in [0.25, 0.3) is 6.08 Å². The number of thiocarbonyl (C=S) groups is 1. The van der Waals surface area contributed by atoms with Crippen LogP contribution in [0.4, 0.5) is 0 Å². The Labute approximate surface area is 110 Å². The lowest BCUT2D eigenvalue weighted by Gasteiger charge is -2.22. The predicted molar refractivity (Wildman–Crippen MR) is 72.6 cm³/mol. The van der Waals surface area contributed by atoms with Crippen molar-refractivity contribution in [2.75, 3.05) is 0 Å². The average Bonchev–Trinajstić information content (AvgIpc) is 2.31. The number of rotatable bonds is 2. The molecule has 1 aliphatic carbocycles. The van der Waals surface area contributed by atoms with Crippen LogP contribution in [0.3, 0.4) is 0 Å². The van der Waals surface area contributed by atoms with Gasteiger partial charge in [0.05, 0.1) is 4.86 Å². The minimum absolute atomic E-state index is 0.00314. The Morgan fingerprint density at radius 1 is 1.22 bits per heavy atom. The predicted octanol–water partition coefficient (Wildman–Crippen LogP) is 2.89. The molecule has 0 amide bonds. The highest BCUT2D eigenvalue weighted by Gasteiger charge is 2.24. The molecule has 0 saturated carbocycles. The Morgan fingerprint density at radius 2 is 1.94 bits per heavy atom. The molecule has 18 heavy (non-hydrogen) atoms. The monoisotopic (exact) mass is 260 g/mol. The third kappa shape index (κ3) is 2.38. The summed E-state index contributed by atoms with van der Waals surface area (Å²) in [6.07, 6.45) is 3.04. The van der Waals surface area contributed by atoms with Crippen LogP contribution in [-0.4, -0.2) is 16.6 Å². The minimum atomic E-state index is -0.529. The highest BCUT2D eigenvalue weighted by atomic mass is 32.1. The van der Waals surface area contributed by atoms with Gasteiger partial charge in [-0.05, 0) is 24.6 Å². The Kier molecular flexibility index (Phi) is 3.39. The van der Waals surface area contributed by atoms with Gasteiger partial charge >= 0.3 is 5.97 Å². The van der Waals surface area contributed by atoms with E-state index in [9.17, 15) is 9.59 Å². The topological polar surface area (TPSA) is 43.4 Å². The van der Waals surface area contributed by atoms with Gasteiger partial charge in [-0.2, -0.15) is 0 Å². The molecule has 0 aliphatic heterocycles. The lowest BCUT2D eigenvalue weighted by Crippen LogP contribution is -2.19. The molecule has 0 fully saturated rings. The van der Waals surface area contributed by atoms with Crippen molar-refractivity contribution in [3.8, 4) is 0 Å². The van der Waals surface area contributed by atoms with Crippen LogP contribution in [0, 0.1) is 0 Å². The fourth-order valence-corrected chi connectivity index (χ4v) is 2.12. The summed E-state index contributed by atoms with van der Waals surface area (Å²) >= 11 is 5.18. The number of ether oxygens (including phenoxy) is 1. The van der Waals surface area contributed by atoms with Crippen molar-refractivity contribution in [1.29, 1.82) is 0 Å². The first-order valence-corrected chi connectivity index (χ1v) is 5.94. The van der Waals surface area contributed by atoms with Crippen molar-refractivity contribution < 1.29 is 14.3 Å². The van der Waals surface area contributed by atoms with Crippen LogP contribution in [0.2, 0.25) is 0 Å². The summed E-state index contributed by atoms with van der Waals surface area (Å²) < 4.78 is 5.21. The fourth-order valence-electron chi connectivity index (χ4n) is 1.88. The quantitative estimate of drug-likeness (QED) is 0.466. The Hall–Kier alpha value is -1.81. The molecule has 1 aliphatic rings. The van der Waals surface area contributed by atoms with E-state index in [1.165, 1.54) is 13.8 Å². The number of hydrogen-bond acceptors (Lipinski definition) is 4. The lowest BCUT2D eigenvalue weighted by atomic mass is 9.92. The number of ketones is 1. The van der Waals surface area contributed by atoms with Gasteiger partial charge in [-0.25, -0.2) is 0 Å². The highest BCUT2D eigenvalue weighted by Crippen LogP contribution is 2.30. The third-order valence-corrected chi connectivity index (χ3v) is 3.10. The normalized spacial score (nSPS) is 17.2. The molecule has 1 aromatic rings. The number of benzene rings is 1. The minimum Gasteiger partial charge on any atom is -0.452 e. The molecule has 2 rings (SSSR count). The molecule has 1 aromatic carbocycles. The molecule has 1 atom stereocenters. The van der Waals surface area contributed by atoms with Gasteiger partial charge in [0, 0.05) is 18.1 Å². The molecule has 0 heterocycles. The van der Waals surface area contributed by atoms with E-state index in [4.69, 9.17) is 17.0 Å². The number of fused-ring (bicyclic) bond motifs is 1. The average molecular weight is 260 g/mol. The van der Waals surface area contributed by atoms with E-state index in [-0.39, 0.29) is 11.8 Å². The molecule has 4 heteroatoms. The molecule has 0 aromatic heterocycles. The number of hydrogen-bond donors (Lipinski definition) is 0. The maximum atomic E-state index is 11.3. The highest BCUT2D eigenvalue weighted by molar-refractivity contribution is 7.80. The Balaban J connectivity index is 2.46. The Bertz CT molecular complexity index is 572. The third-order valence-electron chi connectivity index (χ3n) is 2.75. The van der Waals surface area contributed by atoms with Crippen molar-refractivity contribution in [3.63, 3.8) is 0 Å². The molecule has 0 saturated heterocycles. The van der Waals surface area contributed by atoms with Gasteiger partial charge in [-0.1, -0.05) is 30.4 Å². The summed E-state index contributed by atoms with van der Waals surface area (Å²) in [6.45, 7) is 2.87. The maximum Gasteiger partial charge on any atom is 0.303 e. The smallest absolute Gasteiger partial charge is 0.303 e. The second kappa shape index (κ2) is 4.82. The van der Waals surface area contributed by atoms with Crippen molar-refractivity contribution in [2.45, 2.75) is 20.0 Å². The molecular weight excluding hydrogens is 248 g/mol. The summed E-state index contributed by atoms with van der Waals surface area (Å²) in [6, 6.07) is 5.29. The first kappa shape index (κ1) is 12.6. The zero-order valence-corrected chi connectivity index (χ0v) is 10.9. The van der Waals surface area contributed by atoms with Crippen molar-refractivity contribution in [2.24, 2.45) is 0 Å². The summed E-state index contributed by atoms with van der Waals surface area (Å²) in [5, 5.41) is 0. The zero-order valence-electron chi connectivity index (χ0n) is 10.1.